The third-order valence-corrected chi connectivity index (χ3v) is 4.02. The second-order valence-electron chi connectivity index (χ2n) is 5.50. The van der Waals surface area contributed by atoms with Crippen LogP contribution in [0.25, 0.3) is 0 Å². The fraction of sp³-hybridized carbons (Fsp3) is 0.333. The van der Waals surface area contributed by atoms with E-state index in [0.717, 1.165) is 26.2 Å². The van der Waals surface area contributed by atoms with Crippen LogP contribution in [-0.2, 0) is 0 Å². The van der Waals surface area contributed by atoms with Crippen LogP contribution >= 0.6 is 0 Å². The number of nitrogens with zero attached hydrogens (tertiary/aromatic N) is 2. The average molecular weight is 266 g/mol. The van der Waals surface area contributed by atoms with E-state index in [1.807, 2.05) is 0 Å². The maximum absolute atomic E-state index is 2.50. The van der Waals surface area contributed by atoms with Crippen LogP contribution in [0.3, 0.4) is 0 Å². The molecule has 0 bridgehead atoms. The Bertz CT molecular complexity index is 533. The van der Waals surface area contributed by atoms with E-state index in [-0.39, 0.29) is 0 Å². The van der Waals surface area contributed by atoms with Crippen molar-refractivity contribution in [2.45, 2.75) is 13.3 Å². The van der Waals surface area contributed by atoms with E-state index in [0.29, 0.717) is 0 Å². The third-order valence-electron chi connectivity index (χ3n) is 4.02. The Morgan fingerprint density at radius 2 is 1.20 bits per heavy atom. The van der Waals surface area contributed by atoms with Crippen molar-refractivity contribution in [3.63, 3.8) is 0 Å². The maximum atomic E-state index is 2.50. The van der Waals surface area contributed by atoms with Crippen molar-refractivity contribution in [1.29, 1.82) is 0 Å². The van der Waals surface area contributed by atoms with E-state index < -0.39 is 0 Å². The third kappa shape index (κ3) is 2.96. The van der Waals surface area contributed by atoms with E-state index in [2.05, 4.69) is 71.3 Å². The Morgan fingerprint density at radius 1 is 0.650 bits per heavy atom. The average Bonchev–Trinajstić information content (AvgIpc) is 2.75. The van der Waals surface area contributed by atoms with Gasteiger partial charge in [-0.15, -0.1) is 0 Å². The summed E-state index contributed by atoms with van der Waals surface area (Å²) in [6, 6.07) is 19.6. The Labute approximate surface area is 121 Å². The van der Waals surface area contributed by atoms with Crippen LogP contribution in [0.5, 0.6) is 0 Å². The highest BCUT2D eigenvalue weighted by Gasteiger charge is 2.15. The Balaban J connectivity index is 1.69. The van der Waals surface area contributed by atoms with Crippen LogP contribution in [-0.4, -0.2) is 26.2 Å². The largest absolute Gasteiger partial charge is 0.370 e. The molecule has 0 unspecified atom stereocenters. The first-order chi connectivity index (χ1) is 9.83. The van der Waals surface area contributed by atoms with Crippen LogP contribution in [0.1, 0.15) is 12.0 Å². The molecule has 0 radical (unpaired) electrons. The number of anilines is 2. The van der Waals surface area contributed by atoms with Gasteiger partial charge in [0.2, 0.25) is 0 Å². The van der Waals surface area contributed by atoms with E-state index in [9.17, 15) is 0 Å². The lowest BCUT2D eigenvalue weighted by Gasteiger charge is -2.25. The van der Waals surface area contributed by atoms with Crippen molar-refractivity contribution in [1.82, 2.24) is 0 Å². The molecule has 1 aliphatic rings. The number of hydrogen-bond acceptors (Lipinski definition) is 2. The Morgan fingerprint density at radius 3 is 1.80 bits per heavy atom. The summed E-state index contributed by atoms with van der Waals surface area (Å²) in [7, 11) is 0. The molecule has 2 heteroatoms. The van der Waals surface area contributed by atoms with Gasteiger partial charge < -0.3 is 9.80 Å². The maximum Gasteiger partial charge on any atom is 0.0367 e. The molecule has 1 aliphatic heterocycles. The predicted molar refractivity (Wildman–Crippen MR) is 86.7 cm³/mol. The van der Waals surface area contributed by atoms with Crippen LogP contribution in [0.15, 0.2) is 54.6 Å². The van der Waals surface area contributed by atoms with E-state index in [4.69, 9.17) is 0 Å². The van der Waals surface area contributed by atoms with Gasteiger partial charge in [-0.2, -0.15) is 0 Å². The van der Waals surface area contributed by atoms with Crippen molar-refractivity contribution in [3.05, 3.63) is 60.2 Å². The van der Waals surface area contributed by atoms with Gasteiger partial charge in [0.25, 0.3) is 0 Å². The minimum atomic E-state index is 1.10. The van der Waals surface area contributed by atoms with Gasteiger partial charge in [0.15, 0.2) is 0 Å². The second-order valence-corrected chi connectivity index (χ2v) is 5.50. The standard InChI is InChI=1S/C18H22N2/c1-16-8-10-18(11-9-16)20-13-5-12-19(14-15-20)17-6-3-2-4-7-17/h2-4,6-11H,5,12-15H2,1H3. The zero-order valence-electron chi connectivity index (χ0n) is 12.1. The lowest BCUT2D eigenvalue weighted by Crippen LogP contribution is -2.30. The lowest BCUT2D eigenvalue weighted by atomic mass is 10.2. The van der Waals surface area contributed by atoms with Crippen molar-refractivity contribution in [3.8, 4) is 0 Å². The molecule has 0 amide bonds. The molecule has 0 aliphatic carbocycles. The van der Waals surface area contributed by atoms with Crippen molar-refractivity contribution in [2.24, 2.45) is 0 Å². The highest BCUT2D eigenvalue weighted by Crippen LogP contribution is 2.20. The van der Waals surface area contributed by atoms with Crippen molar-refractivity contribution < 1.29 is 0 Å². The zero-order chi connectivity index (χ0) is 13.8. The molecule has 0 saturated carbocycles. The molecule has 2 aromatic carbocycles. The molecule has 0 N–H and O–H groups in total. The molecule has 0 atom stereocenters. The number of hydrogen-bond donors (Lipinski definition) is 0. The first-order valence-electron chi connectivity index (χ1n) is 7.44. The topological polar surface area (TPSA) is 6.48 Å². The fourth-order valence-electron chi connectivity index (χ4n) is 2.83. The molecule has 1 saturated heterocycles. The smallest absolute Gasteiger partial charge is 0.0367 e. The second kappa shape index (κ2) is 6.00. The number of aryl methyl sites for hydroxylation is 1. The van der Waals surface area contributed by atoms with E-state index in [1.54, 1.807) is 0 Å². The number of benzene rings is 2. The van der Waals surface area contributed by atoms with Crippen LogP contribution in [0.4, 0.5) is 11.4 Å². The minimum Gasteiger partial charge on any atom is -0.370 e. The number of para-hydroxylation sites is 1. The molecular formula is C18H22N2. The van der Waals surface area contributed by atoms with Gasteiger partial charge in [-0.1, -0.05) is 35.9 Å². The fourth-order valence-corrected chi connectivity index (χ4v) is 2.83. The molecule has 104 valence electrons. The first kappa shape index (κ1) is 13.0. The molecular weight excluding hydrogens is 244 g/mol. The zero-order valence-corrected chi connectivity index (χ0v) is 12.1. The van der Waals surface area contributed by atoms with Gasteiger partial charge in [0.05, 0.1) is 0 Å². The van der Waals surface area contributed by atoms with Gasteiger partial charge in [-0.25, -0.2) is 0 Å². The van der Waals surface area contributed by atoms with Gasteiger partial charge in [0.1, 0.15) is 0 Å². The van der Waals surface area contributed by atoms with Gasteiger partial charge >= 0.3 is 0 Å². The summed E-state index contributed by atoms with van der Waals surface area (Å²) in [5.41, 5.74) is 4.03. The van der Waals surface area contributed by atoms with Gasteiger partial charge in [-0.3, -0.25) is 0 Å². The van der Waals surface area contributed by atoms with E-state index >= 15 is 0 Å². The van der Waals surface area contributed by atoms with Crippen LogP contribution in [0, 0.1) is 6.92 Å². The summed E-state index contributed by atoms with van der Waals surface area (Å²) < 4.78 is 0. The predicted octanol–water partition coefficient (Wildman–Crippen LogP) is 3.71. The van der Waals surface area contributed by atoms with Gasteiger partial charge in [0, 0.05) is 37.6 Å². The lowest BCUT2D eigenvalue weighted by molar-refractivity contribution is 0.806. The summed E-state index contributed by atoms with van der Waals surface area (Å²) in [6.07, 6.45) is 1.21. The molecule has 0 aromatic heterocycles. The van der Waals surface area contributed by atoms with Crippen LogP contribution in [0.2, 0.25) is 0 Å². The Kier molecular flexibility index (Phi) is 3.91. The normalized spacial score (nSPS) is 16.1. The molecule has 1 fully saturated rings. The molecule has 20 heavy (non-hydrogen) atoms. The van der Waals surface area contributed by atoms with Crippen molar-refractivity contribution >= 4 is 11.4 Å². The summed E-state index contributed by atoms with van der Waals surface area (Å²) in [6.45, 7) is 6.62. The molecule has 0 spiro atoms. The first-order valence-corrected chi connectivity index (χ1v) is 7.44. The van der Waals surface area contributed by atoms with E-state index in [1.165, 1.54) is 23.4 Å². The monoisotopic (exact) mass is 266 g/mol. The molecule has 2 aromatic rings. The highest BCUT2D eigenvalue weighted by molar-refractivity contribution is 5.50. The van der Waals surface area contributed by atoms with Crippen LogP contribution < -0.4 is 9.80 Å². The van der Waals surface area contributed by atoms with Gasteiger partial charge in [-0.05, 0) is 37.6 Å². The summed E-state index contributed by atoms with van der Waals surface area (Å²) in [5, 5.41) is 0. The summed E-state index contributed by atoms with van der Waals surface area (Å²) in [5.74, 6) is 0. The molecule has 2 nitrogen and oxygen atoms in total. The minimum absolute atomic E-state index is 1.10. The molecule has 3 rings (SSSR count). The SMILES string of the molecule is Cc1ccc(N2CCCN(c3ccccc3)CC2)cc1. The molecule has 1 heterocycles. The summed E-state index contributed by atoms with van der Waals surface area (Å²) in [4.78, 5) is 5.00. The number of rotatable bonds is 2. The summed E-state index contributed by atoms with van der Waals surface area (Å²) >= 11 is 0. The van der Waals surface area contributed by atoms with Crippen molar-refractivity contribution in [2.75, 3.05) is 36.0 Å². The quantitative estimate of drug-likeness (QED) is 0.817. The highest BCUT2D eigenvalue weighted by atomic mass is 15.2. The Hall–Kier alpha value is -1.96.